The minimum absolute atomic E-state index is 0.0416. The molecule has 8 heteroatoms. The number of hydrogen-bond donors (Lipinski definition) is 2. The van der Waals surface area contributed by atoms with Crippen LogP contribution in [0.1, 0.15) is 21.6 Å². The van der Waals surface area contributed by atoms with Gasteiger partial charge < -0.3 is 15.0 Å². The maximum atomic E-state index is 12.7. The van der Waals surface area contributed by atoms with Gasteiger partial charge in [0.25, 0.3) is 5.91 Å². The fourth-order valence-electron chi connectivity index (χ4n) is 3.20. The number of fused-ring (bicyclic) bond motifs is 1. The van der Waals surface area contributed by atoms with E-state index in [2.05, 4.69) is 10.3 Å². The number of H-pyrrole nitrogens is 1. The maximum absolute atomic E-state index is 12.7. The van der Waals surface area contributed by atoms with Crippen LogP contribution in [0.25, 0.3) is 10.9 Å². The lowest BCUT2D eigenvalue weighted by molar-refractivity contribution is 0.0926. The Bertz CT molecular complexity index is 933. The predicted octanol–water partition coefficient (Wildman–Crippen LogP) is 1.42. The number of nitrogens with zero attached hydrogens (tertiary/aromatic N) is 1. The zero-order chi connectivity index (χ0) is 19.1. The van der Waals surface area contributed by atoms with Crippen molar-refractivity contribution < 1.29 is 17.9 Å². The van der Waals surface area contributed by atoms with Gasteiger partial charge in [-0.05, 0) is 37.6 Å². The van der Waals surface area contributed by atoms with Gasteiger partial charge >= 0.3 is 0 Å². The first-order valence-corrected chi connectivity index (χ1v) is 10.2. The number of nitrogens with one attached hydrogen (secondary N) is 2. The standard InChI is InChI=1S/C18H25N3O4S/c1-11-12(2)19-16-6-5-13(7-15(11)16)18(22)20-17-9-25-8-14(17)10-26(23,24)21(3)4/h5-7,14,17,19H,8-10H2,1-4H3,(H,20,22). The van der Waals surface area contributed by atoms with Gasteiger partial charge in [-0.3, -0.25) is 4.79 Å². The first kappa shape index (κ1) is 18.9. The molecule has 2 heterocycles. The average molecular weight is 379 g/mol. The van der Waals surface area contributed by atoms with Crippen LogP contribution in [0.2, 0.25) is 0 Å². The SMILES string of the molecule is Cc1[nH]c2ccc(C(=O)NC3COCC3CS(=O)(=O)N(C)C)cc2c1C. The number of hydrogen-bond acceptors (Lipinski definition) is 4. The summed E-state index contributed by atoms with van der Waals surface area (Å²) >= 11 is 0. The van der Waals surface area contributed by atoms with Crippen molar-refractivity contribution in [1.82, 2.24) is 14.6 Å². The van der Waals surface area contributed by atoms with Crippen LogP contribution in [0.4, 0.5) is 0 Å². The second kappa shape index (κ2) is 7.02. The van der Waals surface area contributed by atoms with Gasteiger partial charge in [0.05, 0.1) is 25.0 Å². The van der Waals surface area contributed by atoms with E-state index in [1.54, 1.807) is 6.07 Å². The largest absolute Gasteiger partial charge is 0.379 e. The van der Waals surface area contributed by atoms with Crippen molar-refractivity contribution in [3.8, 4) is 0 Å². The summed E-state index contributed by atoms with van der Waals surface area (Å²) in [5.74, 6) is -0.515. The molecule has 0 spiro atoms. The van der Waals surface area contributed by atoms with Crippen LogP contribution < -0.4 is 5.32 Å². The van der Waals surface area contributed by atoms with Crippen LogP contribution in [-0.4, -0.2) is 62.7 Å². The van der Waals surface area contributed by atoms with E-state index in [9.17, 15) is 13.2 Å². The van der Waals surface area contributed by atoms with Gasteiger partial charge in [-0.15, -0.1) is 0 Å². The molecule has 1 aromatic carbocycles. The van der Waals surface area contributed by atoms with E-state index in [0.29, 0.717) is 18.8 Å². The first-order chi connectivity index (χ1) is 12.2. The van der Waals surface area contributed by atoms with Crippen LogP contribution >= 0.6 is 0 Å². The molecule has 2 unspecified atom stereocenters. The number of carbonyl (C=O) groups is 1. The highest BCUT2D eigenvalue weighted by Crippen LogP contribution is 2.23. The summed E-state index contributed by atoms with van der Waals surface area (Å²) < 4.78 is 30.9. The summed E-state index contributed by atoms with van der Waals surface area (Å²) in [6.45, 7) is 4.67. The van der Waals surface area contributed by atoms with Gasteiger partial charge in [0.15, 0.2) is 0 Å². The number of carbonyl (C=O) groups excluding carboxylic acids is 1. The first-order valence-electron chi connectivity index (χ1n) is 8.57. The van der Waals surface area contributed by atoms with Crippen LogP contribution in [0.5, 0.6) is 0 Å². The molecule has 1 aromatic heterocycles. The summed E-state index contributed by atoms with van der Waals surface area (Å²) in [7, 11) is -0.331. The van der Waals surface area contributed by atoms with Crippen LogP contribution in [-0.2, 0) is 14.8 Å². The minimum Gasteiger partial charge on any atom is -0.379 e. The fraction of sp³-hybridized carbons (Fsp3) is 0.500. The van der Waals surface area contributed by atoms with Gasteiger partial charge in [0.1, 0.15) is 0 Å². The summed E-state index contributed by atoms with van der Waals surface area (Å²) in [6, 6.07) is 5.21. The molecule has 0 radical (unpaired) electrons. The summed E-state index contributed by atoms with van der Waals surface area (Å²) in [5.41, 5.74) is 3.75. The third-order valence-corrected chi connectivity index (χ3v) is 7.03. The van der Waals surface area contributed by atoms with E-state index < -0.39 is 10.0 Å². The monoisotopic (exact) mass is 379 g/mol. The van der Waals surface area contributed by atoms with E-state index in [-0.39, 0.29) is 23.6 Å². The molecule has 1 saturated heterocycles. The zero-order valence-electron chi connectivity index (χ0n) is 15.5. The van der Waals surface area contributed by atoms with Crippen molar-refractivity contribution in [1.29, 1.82) is 0 Å². The highest BCUT2D eigenvalue weighted by Gasteiger charge is 2.34. The van der Waals surface area contributed by atoms with E-state index >= 15 is 0 Å². The number of ether oxygens (including phenoxy) is 1. The van der Waals surface area contributed by atoms with Gasteiger partial charge in [-0.2, -0.15) is 0 Å². The zero-order valence-corrected chi connectivity index (χ0v) is 16.3. The number of amides is 1. The predicted molar refractivity (Wildman–Crippen MR) is 101 cm³/mol. The van der Waals surface area contributed by atoms with E-state index in [0.717, 1.165) is 22.2 Å². The lowest BCUT2D eigenvalue weighted by Gasteiger charge is -2.21. The molecule has 0 bridgehead atoms. The van der Waals surface area contributed by atoms with Crippen molar-refractivity contribution >= 4 is 26.8 Å². The molecule has 7 nitrogen and oxygen atoms in total. The van der Waals surface area contributed by atoms with Crippen molar-refractivity contribution in [3.63, 3.8) is 0 Å². The molecule has 2 N–H and O–H groups in total. The maximum Gasteiger partial charge on any atom is 0.251 e. The van der Waals surface area contributed by atoms with E-state index in [4.69, 9.17) is 4.74 Å². The van der Waals surface area contributed by atoms with Gasteiger partial charge in [-0.1, -0.05) is 0 Å². The topological polar surface area (TPSA) is 91.5 Å². The number of aryl methyl sites for hydroxylation is 2. The highest BCUT2D eigenvalue weighted by molar-refractivity contribution is 7.89. The molecule has 2 aromatic rings. The van der Waals surface area contributed by atoms with Gasteiger partial charge in [0, 0.05) is 42.2 Å². The van der Waals surface area contributed by atoms with E-state index in [1.165, 1.54) is 18.4 Å². The Labute approximate surface area is 153 Å². The number of benzene rings is 1. The van der Waals surface area contributed by atoms with Crippen molar-refractivity contribution in [2.75, 3.05) is 33.1 Å². The number of rotatable bonds is 5. The minimum atomic E-state index is -3.35. The molecule has 1 fully saturated rings. The quantitative estimate of drug-likeness (QED) is 0.822. The third-order valence-electron chi connectivity index (χ3n) is 5.07. The third kappa shape index (κ3) is 3.62. The Balaban J connectivity index is 1.75. The molecule has 1 aliphatic rings. The second-order valence-corrected chi connectivity index (χ2v) is 9.30. The normalized spacial score (nSPS) is 20.8. The molecule has 0 saturated carbocycles. The highest BCUT2D eigenvalue weighted by atomic mass is 32.2. The van der Waals surface area contributed by atoms with Gasteiger partial charge in [-0.25, -0.2) is 12.7 Å². The second-order valence-electron chi connectivity index (χ2n) is 7.07. The number of sulfonamides is 1. The molecule has 2 atom stereocenters. The van der Waals surface area contributed by atoms with Crippen molar-refractivity contribution in [2.45, 2.75) is 19.9 Å². The number of aromatic amines is 1. The van der Waals surface area contributed by atoms with E-state index in [1.807, 2.05) is 26.0 Å². The Morgan fingerprint density at radius 1 is 1.31 bits per heavy atom. The fourth-order valence-corrected chi connectivity index (χ4v) is 4.36. The summed E-state index contributed by atoms with van der Waals surface area (Å²) in [4.78, 5) is 16.0. The Hall–Kier alpha value is -1.90. The Morgan fingerprint density at radius 3 is 2.73 bits per heavy atom. The van der Waals surface area contributed by atoms with Gasteiger partial charge in [0.2, 0.25) is 10.0 Å². The number of aromatic nitrogens is 1. The lowest BCUT2D eigenvalue weighted by atomic mass is 10.0. The Kier molecular flexibility index (Phi) is 5.09. The molecule has 1 aliphatic heterocycles. The summed E-state index contributed by atoms with van der Waals surface area (Å²) in [6.07, 6.45) is 0. The van der Waals surface area contributed by atoms with Crippen LogP contribution in [0, 0.1) is 19.8 Å². The van der Waals surface area contributed by atoms with Crippen LogP contribution in [0.3, 0.4) is 0 Å². The smallest absolute Gasteiger partial charge is 0.251 e. The lowest BCUT2D eigenvalue weighted by Crippen LogP contribution is -2.43. The van der Waals surface area contributed by atoms with Crippen molar-refractivity contribution in [3.05, 3.63) is 35.0 Å². The average Bonchev–Trinajstić information content (AvgIpc) is 3.11. The van der Waals surface area contributed by atoms with Crippen molar-refractivity contribution in [2.24, 2.45) is 5.92 Å². The van der Waals surface area contributed by atoms with Crippen LogP contribution in [0.15, 0.2) is 18.2 Å². The Morgan fingerprint density at radius 2 is 2.04 bits per heavy atom. The molecule has 0 aliphatic carbocycles. The summed E-state index contributed by atoms with van der Waals surface area (Å²) in [5, 5.41) is 3.96. The molecule has 142 valence electrons. The molecule has 3 rings (SSSR count). The molecule has 26 heavy (non-hydrogen) atoms. The molecular formula is C18H25N3O4S. The molecular weight excluding hydrogens is 354 g/mol. The molecule has 1 amide bonds.